The number of carbonyl (C=O) groups excluding carboxylic acids is 1. The van der Waals surface area contributed by atoms with E-state index >= 15 is 0 Å². The Bertz CT molecular complexity index is 424. The molecule has 1 aromatic rings. The second kappa shape index (κ2) is 8.02. The molecule has 0 aliphatic carbocycles. The van der Waals surface area contributed by atoms with Crippen molar-refractivity contribution in [3.63, 3.8) is 0 Å². The molecule has 0 aliphatic heterocycles. The fourth-order valence-electron chi connectivity index (χ4n) is 1.69. The van der Waals surface area contributed by atoms with Gasteiger partial charge in [-0.25, -0.2) is 0 Å². The number of anilines is 1. The van der Waals surface area contributed by atoms with Crippen LogP contribution in [0.15, 0.2) is 18.2 Å². The molecule has 0 aromatic heterocycles. The van der Waals surface area contributed by atoms with Crippen molar-refractivity contribution < 1.29 is 9.53 Å². The van der Waals surface area contributed by atoms with Gasteiger partial charge in [-0.3, -0.25) is 4.79 Å². The van der Waals surface area contributed by atoms with Gasteiger partial charge in [-0.05, 0) is 44.5 Å². The minimum absolute atomic E-state index is 0.0448. The average Bonchev–Trinajstić information content (AvgIpc) is 2.39. The Hall–Kier alpha value is -1.26. The zero-order valence-corrected chi connectivity index (χ0v) is 12.2. The van der Waals surface area contributed by atoms with Crippen LogP contribution in [-0.2, 0) is 4.79 Å². The van der Waals surface area contributed by atoms with Crippen LogP contribution >= 0.6 is 11.6 Å². The number of ether oxygens (including phenoxy) is 1. The molecular weight excluding hydrogens is 264 g/mol. The summed E-state index contributed by atoms with van der Waals surface area (Å²) in [5, 5.41) is 3.42. The number of nitrogens with two attached hydrogens (primary N) is 1. The zero-order valence-electron chi connectivity index (χ0n) is 11.4. The van der Waals surface area contributed by atoms with Crippen molar-refractivity contribution in [1.82, 2.24) is 0 Å². The van der Waals surface area contributed by atoms with Crippen molar-refractivity contribution in [2.75, 3.05) is 18.5 Å². The first-order valence-corrected chi connectivity index (χ1v) is 6.89. The molecule has 0 saturated heterocycles. The molecule has 0 heterocycles. The van der Waals surface area contributed by atoms with Crippen molar-refractivity contribution in [1.29, 1.82) is 0 Å². The first-order valence-electron chi connectivity index (χ1n) is 6.51. The number of halogens is 1. The standard InChI is InChI=1S/C14H21ClN2O2/c1-3-19-13-7-6-11(15)9-12(13)17-14(18)10(2)5-4-8-16/h6-7,9-10H,3-5,8,16H2,1-2H3,(H,17,18). The van der Waals surface area contributed by atoms with E-state index in [2.05, 4.69) is 5.32 Å². The Labute approximate surface area is 119 Å². The lowest BCUT2D eigenvalue weighted by Crippen LogP contribution is -2.21. The molecule has 1 unspecified atom stereocenters. The van der Waals surface area contributed by atoms with E-state index in [4.69, 9.17) is 22.1 Å². The molecule has 0 fully saturated rings. The van der Waals surface area contributed by atoms with Gasteiger partial charge in [0.15, 0.2) is 0 Å². The Morgan fingerprint density at radius 3 is 2.89 bits per heavy atom. The Morgan fingerprint density at radius 1 is 1.53 bits per heavy atom. The molecule has 4 nitrogen and oxygen atoms in total. The maximum Gasteiger partial charge on any atom is 0.227 e. The molecule has 3 N–H and O–H groups in total. The lowest BCUT2D eigenvalue weighted by Gasteiger charge is -2.15. The molecule has 106 valence electrons. The van der Waals surface area contributed by atoms with E-state index in [9.17, 15) is 4.79 Å². The van der Waals surface area contributed by atoms with Gasteiger partial charge in [0.25, 0.3) is 0 Å². The number of hydrogen-bond donors (Lipinski definition) is 2. The third-order valence-electron chi connectivity index (χ3n) is 2.79. The fraction of sp³-hybridized carbons (Fsp3) is 0.500. The van der Waals surface area contributed by atoms with Gasteiger partial charge < -0.3 is 15.8 Å². The van der Waals surface area contributed by atoms with Gasteiger partial charge in [0, 0.05) is 10.9 Å². The normalized spacial score (nSPS) is 12.0. The number of carbonyl (C=O) groups is 1. The number of rotatable bonds is 7. The minimum Gasteiger partial charge on any atom is -0.492 e. The van der Waals surface area contributed by atoms with Crippen LogP contribution in [0.5, 0.6) is 5.75 Å². The molecule has 0 saturated carbocycles. The number of hydrogen-bond acceptors (Lipinski definition) is 3. The van der Waals surface area contributed by atoms with Crippen molar-refractivity contribution in [3.8, 4) is 5.75 Å². The van der Waals surface area contributed by atoms with Crippen LogP contribution in [-0.4, -0.2) is 19.1 Å². The van der Waals surface area contributed by atoms with Crippen LogP contribution in [0.25, 0.3) is 0 Å². The van der Waals surface area contributed by atoms with Crippen LogP contribution in [0.2, 0.25) is 5.02 Å². The first-order chi connectivity index (χ1) is 9.08. The highest BCUT2D eigenvalue weighted by molar-refractivity contribution is 6.31. The van der Waals surface area contributed by atoms with Crippen molar-refractivity contribution >= 4 is 23.2 Å². The highest BCUT2D eigenvalue weighted by atomic mass is 35.5. The highest BCUT2D eigenvalue weighted by Crippen LogP contribution is 2.28. The Kier molecular flexibility index (Phi) is 6.67. The summed E-state index contributed by atoms with van der Waals surface area (Å²) in [5.41, 5.74) is 6.05. The number of amides is 1. The fourth-order valence-corrected chi connectivity index (χ4v) is 1.86. The Balaban J connectivity index is 2.74. The van der Waals surface area contributed by atoms with Crippen LogP contribution in [0, 0.1) is 5.92 Å². The molecule has 0 radical (unpaired) electrons. The van der Waals surface area contributed by atoms with Gasteiger partial charge >= 0.3 is 0 Å². The van der Waals surface area contributed by atoms with Crippen molar-refractivity contribution in [2.24, 2.45) is 11.7 Å². The summed E-state index contributed by atoms with van der Waals surface area (Å²) >= 11 is 5.94. The van der Waals surface area contributed by atoms with Crippen LogP contribution < -0.4 is 15.8 Å². The van der Waals surface area contributed by atoms with Gasteiger partial charge in [0.1, 0.15) is 5.75 Å². The molecule has 1 amide bonds. The smallest absolute Gasteiger partial charge is 0.227 e. The third-order valence-corrected chi connectivity index (χ3v) is 3.02. The molecule has 1 rings (SSSR count). The molecule has 19 heavy (non-hydrogen) atoms. The van der Waals surface area contributed by atoms with Crippen LogP contribution in [0.1, 0.15) is 26.7 Å². The van der Waals surface area contributed by atoms with E-state index in [0.29, 0.717) is 29.6 Å². The summed E-state index contributed by atoms with van der Waals surface area (Å²) in [6.07, 6.45) is 1.61. The lowest BCUT2D eigenvalue weighted by molar-refractivity contribution is -0.119. The molecule has 1 aromatic carbocycles. The summed E-state index contributed by atoms with van der Waals surface area (Å²) < 4.78 is 5.46. The topological polar surface area (TPSA) is 64.3 Å². The van der Waals surface area contributed by atoms with Gasteiger partial charge in [-0.2, -0.15) is 0 Å². The van der Waals surface area contributed by atoms with Crippen LogP contribution in [0.3, 0.4) is 0 Å². The van der Waals surface area contributed by atoms with Gasteiger partial charge in [0.2, 0.25) is 5.91 Å². The molecule has 5 heteroatoms. The van der Waals surface area contributed by atoms with Gasteiger partial charge in [0.05, 0.1) is 12.3 Å². The molecule has 1 atom stereocenters. The van der Waals surface area contributed by atoms with Crippen molar-refractivity contribution in [2.45, 2.75) is 26.7 Å². The largest absolute Gasteiger partial charge is 0.492 e. The second-order valence-electron chi connectivity index (χ2n) is 4.39. The van der Waals surface area contributed by atoms with Crippen LogP contribution in [0.4, 0.5) is 5.69 Å². The van der Waals surface area contributed by atoms with E-state index in [-0.39, 0.29) is 11.8 Å². The second-order valence-corrected chi connectivity index (χ2v) is 4.83. The first kappa shape index (κ1) is 15.8. The van der Waals surface area contributed by atoms with E-state index in [1.165, 1.54) is 0 Å². The Morgan fingerprint density at radius 2 is 2.26 bits per heavy atom. The monoisotopic (exact) mass is 284 g/mol. The van der Waals surface area contributed by atoms with Gasteiger partial charge in [-0.1, -0.05) is 18.5 Å². The zero-order chi connectivity index (χ0) is 14.3. The maximum absolute atomic E-state index is 12.0. The summed E-state index contributed by atoms with van der Waals surface area (Å²) in [6.45, 7) is 4.91. The van der Waals surface area contributed by atoms with E-state index < -0.39 is 0 Å². The lowest BCUT2D eigenvalue weighted by atomic mass is 10.0. The van der Waals surface area contributed by atoms with E-state index in [1.807, 2.05) is 13.8 Å². The third kappa shape index (κ3) is 5.09. The van der Waals surface area contributed by atoms with Gasteiger partial charge in [-0.15, -0.1) is 0 Å². The SMILES string of the molecule is CCOc1ccc(Cl)cc1NC(=O)C(C)CCCN. The molecule has 0 bridgehead atoms. The maximum atomic E-state index is 12.0. The van der Waals surface area contributed by atoms with Crippen molar-refractivity contribution in [3.05, 3.63) is 23.2 Å². The summed E-state index contributed by atoms with van der Waals surface area (Å²) in [6, 6.07) is 5.19. The predicted octanol–water partition coefficient (Wildman–Crippen LogP) is 3.05. The average molecular weight is 285 g/mol. The number of benzene rings is 1. The molecule has 0 aliphatic rings. The molecule has 0 spiro atoms. The summed E-state index contributed by atoms with van der Waals surface area (Å²) in [5.74, 6) is 0.500. The van der Waals surface area contributed by atoms with E-state index in [0.717, 1.165) is 12.8 Å². The summed E-state index contributed by atoms with van der Waals surface area (Å²) in [4.78, 5) is 12.0. The minimum atomic E-state index is -0.0861. The number of nitrogens with one attached hydrogen (secondary N) is 1. The quantitative estimate of drug-likeness (QED) is 0.809. The molecular formula is C14H21ClN2O2. The van der Waals surface area contributed by atoms with E-state index in [1.54, 1.807) is 18.2 Å². The summed E-state index contributed by atoms with van der Waals surface area (Å²) in [7, 11) is 0. The predicted molar refractivity (Wildman–Crippen MR) is 78.7 cm³/mol. The highest BCUT2D eigenvalue weighted by Gasteiger charge is 2.15.